The number of aliphatic imine (C=N–C) groups is 1. The summed E-state index contributed by atoms with van der Waals surface area (Å²) in [4.78, 5) is 32.8. The molecular formula is C25H27N3O2. The topological polar surface area (TPSA) is 61.8 Å². The molecule has 1 aliphatic heterocycles. The Balaban J connectivity index is 1.44. The van der Waals surface area contributed by atoms with Gasteiger partial charge in [-0.2, -0.15) is 0 Å². The Labute approximate surface area is 177 Å². The van der Waals surface area contributed by atoms with E-state index in [9.17, 15) is 9.59 Å². The average Bonchev–Trinajstić information content (AvgIpc) is 3.35. The third-order valence-electron chi connectivity index (χ3n) is 6.72. The zero-order chi connectivity index (χ0) is 20.8. The van der Waals surface area contributed by atoms with Crippen LogP contribution in [0.5, 0.6) is 0 Å². The normalized spacial score (nSPS) is 19.7. The van der Waals surface area contributed by atoms with Crippen LogP contribution >= 0.6 is 0 Å². The first kappa shape index (κ1) is 19.0. The van der Waals surface area contributed by atoms with Crippen molar-refractivity contribution in [3.63, 3.8) is 0 Å². The van der Waals surface area contributed by atoms with E-state index in [1.807, 2.05) is 25.1 Å². The van der Waals surface area contributed by atoms with Crippen molar-refractivity contribution in [2.24, 2.45) is 10.9 Å². The van der Waals surface area contributed by atoms with Gasteiger partial charge in [-0.25, -0.2) is 0 Å². The van der Waals surface area contributed by atoms with Gasteiger partial charge >= 0.3 is 0 Å². The standard InChI is InChI=1S/C25H27N3O2/c1-15-11-22-23(12-16(15)2)28(25(30)20-7-4-8-21(20)27-22)14-24(29)26-19-10-9-17-5-3-6-18(17)13-19/h9-13,20H,3-8,14H2,1-2H3,(H,26,29). The van der Waals surface area contributed by atoms with E-state index in [4.69, 9.17) is 4.99 Å². The largest absolute Gasteiger partial charge is 0.325 e. The van der Waals surface area contributed by atoms with Crippen LogP contribution in [0.2, 0.25) is 0 Å². The highest BCUT2D eigenvalue weighted by atomic mass is 16.2. The fourth-order valence-corrected chi connectivity index (χ4v) is 4.94. The van der Waals surface area contributed by atoms with Gasteiger partial charge in [-0.3, -0.25) is 14.6 Å². The highest BCUT2D eigenvalue weighted by Gasteiger charge is 2.37. The van der Waals surface area contributed by atoms with Gasteiger partial charge in [0, 0.05) is 11.4 Å². The second-order valence-electron chi connectivity index (χ2n) is 8.78. The molecular weight excluding hydrogens is 374 g/mol. The number of benzene rings is 2. The molecule has 2 aromatic carbocycles. The van der Waals surface area contributed by atoms with Crippen LogP contribution in [0.15, 0.2) is 35.3 Å². The summed E-state index contributed by atoms with van der Waals surface area (Å²) in [5.74, 6) is -0.380. The highest BCUT2D eigenvalue weighted by molar-refractivity contribution is 6.17. The molecule has 1 atom stereocenters. The molecule has 1 heterocycles. The molecule has 0 bridgehead atoms. The third kappa shape index (κ3) is 3.32. The molecule has 1 saturated carbocycles. The van der Waals surface area contributed by atoms with Crippen molar-refractivity contribution >= 4 is 34.6 Å². The monoisotopic (exact) mass is 401 g/mol. The number of nitrogens with one attached hydrogen (secondary N) is 1. The maximum absolute atomic E-state index is 13.4. The number of hydrogen-bond acceptors (Lipinski definition) is 3. The van der Waals surface area contributed by atoms with E-state index >= 15 is 0 Å². The summed E-state index contributed by atoms with van der Waals surface area (Å²) < 4.78 is 0. The number of aryl methyl sites for hydroxylation is 4. The molecule has 2 amide bonds. The van der Waals surface area contributed by atoms with E-state index in [2.05, 4.69) is 24.4 Å². The van der Waals surface area contributed by atoms with Crippen LogP contribution in [0.1, 0.15) is 47.9 Å². The van der Waals surface area contributed by atoms with E-state index in [-0.39, 0.29) is 24.3 Å². The van der Waals surface area contributed by atoms with Gasteiger partial charge in [0.25, 0.3) is 0 Å². The minimum atomic E-state index is -0.203. The predicted molar refractivity (Wildman–Crippen MR) is 120 cm³/mol. The number of hydrogen-bond donors (Lipinski definition) is 1. The molecule has 3 aliphatic rings. The lowest BCUT2D eigenvalue weighted by Gasteiger charge is -2.25. The Morgan fingerprint density at radius 3 is 2.73 bits per heavy atom. The molecule has 0 saturated heterocycles. The third-order valence-corrected chi connectivity index (χ3v) is 6.72. The Kier molecular flexibility index (Phi) is 4.69. The first-order valence-electron chi connectivity index (χ1n) is 10.9. The lowest BCUT2D eigenvalue weighted by molar-refractivity contribution is -0.122. The second kappa shape index (κ2) is 7.38. The van der Waals surface area contributed by atoms with Gasteiger partial charge in [-0.05, 0) is 98.9 Å². The van der Waals surface area contributed by atoms with Crippen LogP contribution in [-0.4, -0.2) is 24.1 Å². The molecule has 0 aromatic heterocycles. The average molecular weight is 402 g/mol. The number of anilines is 2. The van der Waals surface area contributed by atoms with Crippen molar-refractivity contribution in [2.75, 3.05) is 16.8 Å². The van der Waals surface area contributed by atoms with E-state index in [1.165, 1.54) is 17.5 Å². The highest BCUT2D eigenvalue weighted by Crippen LogP contribution is 2.39. The summed E-state index contributed by atoms with van der Waals surface area (Å²) in [6, 6.07) is 10.2. The molecule has 154 valence electrons. The van der Waals surface area contributed by atoms with E-state index in [0.717, 1.165) is 66.0 Å². The number of nitrogens with zero attached hydrogens (tertiary/aromatic N) is 2. The van der Waals surface area contributed by atoms with Gasteiger partial charge in [0.1, 0.15) is 6.54 Å². The molecule has 0 spiro atoms. The Morgan fingerprint density at radius 2 is 1.87 bits per heavy atom. The summed E-state index contributed by atoms with van der Waals surface area (Å²) in [5.41, 5.74) is 8.25. The molecule has 5 nitrogen and oxygen atoms in total. The second-order valence-corrected chi connectivity index (χ2v) is 8.78. The van der Waals surface area contributed by atoms with E-state index in [1.54, 1.807) is 4.90 Å². The van der Waals surface area contributed by atoms with Crippen LogP contribution in [0.4, 0.5) is 17.1 Å². The smallest absolute Gasteiger partial charge is 0.244 e. The number of carbonyl (C=O) groups is 2. The van der Waals surface area contributed by atoms with Gasteiger partial charge in [0.2, 0.25) is 11.8 Å². The van der Waals surface area contributed by atoms with Crippen molar-refractivity contribution in [3.05, 3.63) is 52.6 Å². The molecule has 1 N–H and O–H groups in total. The van der Waals surface area contributed by atoms with Gasteiger partial charge in [0.15, 0.2) is 0 Å². The SMILES string of the molecule is Cc1cc2c(cc1C)N(CC(=O)Nc1ccc3c(c1)CCC3)C(=O)C1CCCC1=N2. The number of rotatable bonds is 3. The molecule has 1 unspecified atom stereocenters. The summed E-state index contributed by atoms with van der Waals surface area (Å²) in [5, 5.41) is 3.01. The minimum Gasteiger partial charge on any atom is -0.325 e. The van der Waals surface area contributed by atoms with Crippen molar-refractivity contribution in [1.29, 1.82) is 0 Å². The van der Waals surface area contributed by atoms with E-state index < -0.39 is 0 Å². The number of carbonyl (C=O) groups excluding carboxylic acids is 2. The molecule has 1 fully saturated rings. The fourth-order valence-electron chi connectivity index (χ4n) is 4.94. The van der Waals surface area contributed by atoms with Crippen LogP contribution in [0, 0.1) is 19.8 Å². The summed E-state index contributed by atoms with van der Waals surface area (Å²) in [7, 11) is 0. The fraction of sp³-hybridized carbons (Fsp3) is 0.400. The van der Waals surface area contributed by atoms with E-state index in [0.29, 0.717) is 0 Å². The molecule has 5 heteroatoms. The Bertz CT molecular complexity index is 1090. The molecule has 5 rings (SSSR count). The lowest BCUT2D eigenvalue weighted by Crippen LogP contribution is -2.42. The van der Waals surface area contributed by atoms with Crippen LogP contribution in [0.25, 0.3) is 0 Å². The summed E-state index contributed by atoms with van der Waals surface area (Å²) in [6.07, 6.45) is 6.01. The van der Waals surface area contributed by atoms with Crippen LogP contribution in [0.3, 0.4) is 0 Å². The van der Waals surface area contributed by atoms with Crippen molar-refractivity contribution in [2.45, 2.75) is 52.4 Å². The first-order valence-corrected chi connectivity index (χ1v) is 10.9. The predicted octanol–water partition coefficient (Wildman–Crippen LogP) is 4.65. The molecule has 0 radical (unpaired) electrons. The lowest BCUT2D eigenvalue weighted by atomic mass is 10.0. The minimum absolute atomic E-state index is 0.00245. The number of fused-ring (bicyclic) bond motifs is 3. The number of amides is 2. The van der Waals surface area contributed by atoms with Gasteiger partial charge in [-0.1, -0.05) is 6.07 Å². The maximum Gasteiger partial charge on any atom is 0.244 e. The van der Waals surface area contributed by atoms with Gasteiger partial charge in [0.05, 0.1) is 17.3 Å². The Hall–Kier alpha value is -2.95. The molecule has 2 aromatic rings. The Morgan fingerprint density at radius 1 is 1.07 bits per heavy atom. The maximum atomic E-state index is 13.4. The van der Waals surface area contributed by atoms with Crippen LogP contribution in [-0.2, 0) is 22.4 Å². The quantitative estimate of drug-likeness (QED) is 0.814. The van der Waals surface area contributed by atoms with Gasteiger partial charge in [-0.15, -0.1) is 0 Å². The van der Waals surface area contributed by atoms with Crippen LogP contribution < -0.4 is 10.2 Å². The zero-order valence-electron chi connectivity index (χ0n) is 17.6. The van der Waals surface area contributed by atoms with Crippen molar-refractivity contribution in [3.8, 4) is 0 Å². The van der Waals surface area contributed by atoms with Gasteiger partial charge < -0.3 is 10.2 Å². The van der Waals surface area contributed by atoms with Crippen molar-refractivity contribution in [1.82, 2.24) is 0 Å². The summed E-state index contributed by atoms with van der Waals surface area (Å²) >= 11 is 0. The first-order chi connectivity index (χ1) is 14.5. The molecule has 30 heavy (non-hydrogen) atoms. The zero-order valence-corrected chi connectivity index (χ0v) is 17.6. The van der Waals surface area contributed by atoms with Crippen molar-refractivity contribution < 1.29 is 9.59 Å². The molecule has 2 aliphatic carbocycles. The summed E-state index contributed by atoms with van der Waals surface area (Å²) in [6.45, 7) is 4.09.